The third-order valence-electron chi connectivity index (χ3n) is 2.11. The summed E-state index contributed by atoms with van der Waals surface area (Å²) in [7, 11) is 0. The Morgan fingerprint density at radius 2 is 2.24 bits per heavy atom. The molecule has 1 heterocycles. The van der Waals surface area contributed by atoms with Crippen molar-refractivity contribution in [2.24, 2.45) is 0 Å². The molecule has 17 heavy (non-hydrogen) atoms. The lowest BCUT2D eigenvalue weighted by Gasteiger charge is -2.03. The fourth-order valence-electron chi connectivity index (χ4n) is 1.43. The highest BCUT2D eigenvalue weighted by Gasteiger charge is 2.19. The Hall–Kier alpha value is -0.910. The van der Waals surface area contributed by atoms with Gasteiger partial charge in [-0.3, -0.25) is 0 Å². The van der Waals surface area contributed by atoms with Crippen LogP contribution < -0.4 is 0 Å². The van der Waals surface area contributed by atoms with E-state index < -0.39 is 5.97 Å². The second-order valence-corrected chi connectivity index (χ2v) is 5.87. The van der Waals surface area contributed by atoms with Crippen molar-refractivity contribution in [3.05, 3.63) is 38.4 Å². The van der Waals surface area contributed by atoms with Crippen LogP contribution in [0.2, 0.25) is 5.02 Å². The second kappa shape index (κ2) is 4.76. The quantitative estimate of drug-likeness (QED) is 0.895. The number of hydrogen-bond acceptors (Lipinski definition) is 3. The third kappa shape index (κ3) is 2.51. The molecular formula is C11H7BrClNO2S. The molecule has 2 aromatic rings. The van der Waals surface area contributed by atoms with E-state index in [1.165, 1.54) is 11.3 Å². The van der Waals surface area contributed by atoms with Crippen LogP contribution in [0.25, 0.3) is 10.4 Å². The number of halogens is 2. The molecule has 6 heteroatoms. The van der Waals surface area contributed by atoms with E-state index in [9.17, 15) is 4.79 Å². The maximum atomic E-state index is 11.1. The minimum absolute atomic E-state index is 0.0486. The molecule has 0 radical (unpaired) electrons. The van der Waals surface area contributed by atoms with Crippen LogP contribution in [0.4, 0.5) is 0 Å². The number of rotatable bonds is 2. The number of carboxylic acid groups (broad SMARTS) is 1. The zero-order valence-corrected chi connectivity index (χ0v) is 11.9. The van der Waals surface area contributed by atoms with Crippen LogP contribution in [0.15, 0.2) is 22.7 Å². The van der Waals surface area contributed by atoms with Crippen molar-refractivity contribution in [2.45, 2.75) is 6.92 Å². The van der Waals surface area contributed by atoms with Crippen LogP contribution in [0, 0.1) is 6.92 Å². The smallest absolute Gasteiger partial charge is 0.356 e. The zero-order valence-electron chi connectivity index (χ0n) is 8.70. The summed E-state index contributed by atoms with van der Waals surface area (Å²) in [5.74, 6) is -1.04. The highest BCUT2D eigenvalue weighted by Crippen LogP contribution is 2.36. The molecule has 0 bridgehead atoms. The first-order valence-electron chi connectivity index (χ1n) is 4.65. The molecule has 0 saturated carbocycles. The first-order chi connectivity index (χ1) is 7.99. The van der Waals surface area contributed by atoms with Gasteiger partial charge in [0.2, 0.25) is 0 Å². The van der Waals surface area contributed by atoms with Crippen LogP contribution >= 0.6 is 38.9 Å². The fraction of sp³-hybridized carbons (Fsp3) is 0.0909. The van der Waals surface area contributed by atoms with Gasteiger partial charge in [-0.15, -0.1) is 11.3 Å². The van der Waals surface area contributed by atoms with Gasteiger partial charge in [-0.05, 0) is 25.1 Å². The molecule has 0 atom stereocenters. The van der Waals surface area contributed by atoms with Crippen LogP contribution in [0.1, 0.15) is 15.5 Å². The topological polar surface area (TPSA) is 50.2 Å². The van der Waals surface area contributed by atoms with Gasteiger partial charge < -0.3 is 5.11 Å². The number of thiazole rings is 1. The van der Waals surface area contributed by atoms with Gasteiger partial charge in [0.05, 0.1) is 9.88 Å². The Morgan fingerprint density at radius 3 is 2.88 bits per heavy atom. The van der Waals surface area contributed by atoms with Gasteiger partial charge in [-0.2, -0.15) is 0 Å². The molecule has 0 aliphatic heterocycles. The van der Waals surface area contributed by atoms with Crippen LogP contribution in [-0.2, 0) is 0 Å². The van der Waals surface area contributed by atoms with Crippen molar-refractivity contribution in [2.75, 3.05) is 0 Å². The molecule has 0 saturated heterocycles. The molecule has 1 aromatic carbocycles. The summed E-state index contributed by atoms with van der Waals surface area (Å²) < 4.78 is 0.847. The molecule has 88 valence electrons. The molecule has 0 unspecified atom stereocenters. The molecule has 0 amide bonds. The highest BCUT2D eigenvalue weighted by atomic mass is 79.9. The van der Waals surface area contributed by atoms with Gasteiger partial charge in [0.1, 0.15) is 0 Å². The van der Waals surface area contributed by atoms with Crippen LogP contribution in [-0.4, -0.2) is 16.1 Å². The van der Waals surface area contributed by atoms with Gasteiger partial charge in [0, 0.05) is 15.1 Å². The monoisotopic (exact) mass is 331 g/mol. The van der Waals surface area contributed by atoms with Crippen LogP contribution in [0.5, 0.6) is 0 Å². The van der Waals surface area contributed by atoms with Gasteiger partial charge in [-0.25, -0.2) is 9.78 Å². The largest absolute Gasteiger partial charge is 0.476 e. The summed E-state index contributed by atoms with van der Waals surface area (Å²) in [6.45, 7) is 1.77. The lowest BCUT2D eigenvalue weighted by atomic mass is 10.1. The SMILES string of the molecule is Cc1nc(C(=O)O)c(-c2cc(Br)ccc2Cl)s1. The summed E-state index contributed by atoms with van der Waals surface area (Å²) in [6, 6.07) is 5.32. The molecular weight excluding hydrogens is 326 g/mol. The minimum Gasteiger partial charge on any atom is -0.476 e. The number of hydrogen-bond donors (Lipinski definition) is 1. The Morgan fingerprint density at radius 1 is 1.53 bits per heavy atom. The highest BCUT2D eigenvalue weighted by molar-refractivity contribution is 9.10. The Kier molecular flexibility index (Phi) is 3.51. The molecule has 1 aromatic heterocycles. The van der Waals surface area contributed by atoms with E-state index in [-0.39, 0.29) is 5.69 Å². The summed E-state index contributed by atoms with van der Waals surface area (Å²) in [6.07, 6.45) is 0. The van der Waals surface area contributed by atoms with Crippen molar-refractivity contribution in [1.29, 1.82) is 0 Å². The molecule has 0 aliphatic rings. The fourth-order valence-corrected chi connectivity index (χ4v) is 3.00. The molecule has 1 N–H and O–H groups in total. The number of carbonyl (C=O) groups is 1. The van der Waals surface area contributed by atoms with E-state index in [2.05, 4.69) is 20.9 Å². The van der Waals surface area contributed by atoms with E-state index >= 15 is 0 Å². The average molecular weight is 333 g/mol. The van der Waals surface area contributed by atoms with Crippen molar-refractivity contribution in [3.63, 3.8) is 0 Å². The maximum absolute atomic E-state index is 11.1. The van der Waals surface area contributed by atoms with E-state index in [0.717, 1.165) is 4.47 Å². The molecule has 2 rings (SSSR count). The number of carboxylic acids is 1. The van der Waals surface area contributed by atoms with Gasteiger partial charge in [0.25, 0.3) is 0 Å². The van der Waals surface area contributed by atoms with Crippen molar-refractivity contribution in [1.82, 2.24) is 4.98 Å². The standard InChI is InChI=1S/C11H7BrClNO2S/c1-5-14-9(11(15)16)10(17-5)7-4-6(12)2-3-8(7)13/h2-4H,1H3,(H,15,16). The van der Waals surface area contributed by atoms with E-state index in [1.54, 1.807) is 25.1 Å². The maximum Gasteiger partial charge on any atom is 0.356 e. The first kappa shape index (κ1) is 12.5. The second-order valence-electron chi connectivity index (χ2n) is 3.34. The predicted molar refractivity (Wildman–Crippen MR) is 72.0 cm³/mol. The van der Waals surface area contributed by atoms with Crippen LogP contribution in [0.3, 0.4) is 0 Å². The number of benzene rings is 1. The summed E-state index contributed by atoms with van der Waals surface area (Å²) in [5.41, 5.74) is 0.733. The van der Waals surface area contributed by atoms with Gasteiger partial charge >= 0.3 is 5.97 Å². The number of aromatic carboxylic acids is 1. The van der Waals surface area contributed by atoms with E-state index in [0.29, 0.717) is 20.5 Å². The molecule has 0 aliphatic carbocycles. The summed E-state index contributed by atoms with van der Waals surface area (Å²) >= 11 is 10.7. The van der Waals surface area contributed by atoms with Gasteiger partial charge in [0.15, 0.2) is 5.69 Å². The molecule has 0 fully saturated rings. The van der Waals surface area contributed by atoms with Crippen molar-refractivity contribution in [3.8, 4) is 10.4 Å². The first-order valence-corrected chi connectivity index (χ1v) is 6.64. The Balaban J connectivity index is 2.67. The Bertz CT molecular complexity index is 597. The molecule has 0 spiro atoms. The predicted octanol–water partition coefficient (Wildman–Crippen LogP) is 4.23. The number of aromatic nitrogens is 1. The number of aryl methyl sites for hydroxylation is 1. The van der Waals surface area contributed by atoms with E-state index in [4.69, 9.17) is 16.7 Å². The van der Waals surface area contributed by atoms with Crippen molar-refractivity contribution < 1.29 is 9.90 Å². The van der Waals surface area contributed by atoms with E-state index in [1.807, 2.05) is 0 Å². The normalized spacial score (nSPS) is 10.5. The summed E-state index contributed by atoms with van der Waals surface area (Å²) in [4.78, 5) is 15.7. The zero-order chi connectivity index (χ0) is 12.6. The van der Waals surface area contributed by atoms with Crippen molar-refractivity contribution >= 4 is 44.8 Å². The molecule has 3 nitrogen and oxygen atoms in total. The number of nitrogens with zero attached hydrogens (tertiary/aromatic N) is 1. The lowest BCUT2D eigenvalue weighted by Crippen LogP contribution is -1.98. The van der Waals surface area contributed by atoms with Gasteiger partial charge in [-0.1, -0.05) is 27.5 Å². The lowest BCUT2D eigenvalue weighted by molar-refractivity contribution is 0.0692. The Labute approximate surface area is 115 Å². The third-order valence-corrected chi connectivity index (χ3v) is 3.94. The summed E-state index contributed by atoms with van der Waals surface area (Å²) in [5, 5.41) is 10.3. The average Bonchev–Trinajstić information content (AvgIpc) is 2.64. The minimum atomic E-state index is -1.04.